The third kappa shape index (κ3) is 4.79. The van der Waals surface area contributed by atoms with E-state index in [0.717, 1.165) is 0 Å². The number of aryl methyl sites for hydroxylation is 4. The van der Waals surface area contributed by atoms with E-state index in [4.69, 9.17) is 0 Å². The first-order valence-corrected chi connectivity index (χ1v) is 24.9. The minimum atomic E-state index is 0.104. The minimum absolute atomic E-state index is 0.104. The fourth-order valence-corrected chi connectivity index (χ4v) is 14.7. The predicted octanol–water partition coefficient (Wildman–Crippen LogP) is 8.82. The molecule has 0 radical (unpaired) electrons. The minimum Gasteiger partial charge on any atom is -0.312 e. The Labute approximate surface area is 385 Å². The molecule has 2 nitrogen and oxygen atoms in total. The van der Waals surface area contributed by atoms with E-state index in [0.29, 0.717) is 0 Å². The molecular weight excluding hydrogens is 781 g/mol. The molecule has 0 aromatic heterocycles. The topological polar surface area (TPSA) is 6.48 Å². The SMILES string of the molecule is Cc1ccc2c(c1)B1c3cc(C)ccc3N3c4cccc5c4B(c4ccc(C)cc4C5=C4CCCCC4)c4cc5c(c1c43)N2c1cccc2c1B5c1ccc(C)cc1C2=C1CCCCC1. The van der Waals surface area contributed by atoms with Gasteiger partial charge in [-0.1, -0.05) is 148 Å². The predicted molar refractivity (Wildman–Crippen MR) is 280 cm³/mol. The van der Waals surface area contributed by atoms with Crippen molar-refractivity contribution in [2.45, 2.75) is 91.9 Å². The van der Waals surface area contributed by atoms with Gasteiger partial charge in [0.25, 0.3) is 6.71 Å². The summed E-state index contributed by atoms with van der Waals surface area (Å²) in [7, 11) is 0. The highest BCUT2D eigenvalue weighted by molar-refractivity contribution is 7.07. The van der Waals surface area contributed by atoms with Gasteiger partial charge in [-0.3, -0.25) is 0 Å². The van der Waals surface area contributed by atoms with E-state index in [1.807, 2.05) is 0 Å². The van der Waals surface area contributed by atoms with Gasteiger partial charge in [0, 0.05) is 34.1 Å². The van der Waals surface area contributed by atoms with E-state index in [9.17, 15) is 0 Å². The van der Waals surface area contributed by atoms with Crippen molar-refractivity contribution in [1.82, 2.24) is 0 Å². The molecule has 7 aromatic carbocycles. The zero-order valence-electron chi connectivity index (χ0n) is 38.2. The van der Waals surface area contributed by atoms with Crippen LogP contribution in [0.3, 0.4) is 0 Å². The molecule has 0 atom stereocenters. The molecule has 15 rings (SSSR count). The molecule has 5 heteroatoms. The number of anilines is 6. The van der Waals surface area contributed by atoms with Crippen LogP contribution in [0.15, 0.2) is 126 Å². The van der Waals surface area contributed by atoms with Gasteiger partial charge in [0.2, 0.25) is 13.4 Å². The van der Waals surface area contributed by atoms with Crippen LogP contribution < -0.4 is 59.0 Å². The quantitative estimate of drug-likeness (QED) is 0.141. The van der Waals surface area contributed by atoms with Gasteiger partial charge >= 0.3 is 0 Å². The molecule has 0 bridgehead atoms. The number of nitrogens with zero attached hydrogens (tertiary/aromatic N) is 2. The molecule has 0 spiro atoms. The van der Waals surface area contributed by atoms with Gasteiger partial charge in [0.1, 0.15) is 0 Å². The lowest BCUT2D eigenvalue weighted by molar-refractivity contribution is 0.601. The van der Waals surface area contributed by atoms with Gasteiger partial charge in [-0.2, -0.15) is 0 Å². The van der Waals surface area contributed by atoms with Crippen LogP contribution in [-0.2, 0) is 0 Å². The Morgan fingerprint density at radius 3 is 1.22 bits per heavy atom. The summed E-state index contributed by atoms with van der Waals surface area (Å²) in [5.74, 6) is 0. The van der Waals surface area contributed by atoms with Crippen LogP contribution in [0.4, 0.5) is 34.1 Å². The summed E-state index contributed by atoms with van der Waals surface area (Å²) in [4.78, 5) is 5.51. The zero-order valence-corrected chi connectivity index (χ0v) is 38.2. The van der Waals surface area contributed by atoms with Crippen molar-refractivity contribution in [2.75, 3.05) is 9.80 Å². The fourth-order valence-electron chi connectivity index (χ4n) is 14.7. The Morgan fingerprint density at radius 1 is 0.338 bits per heavy atom. The van der Waals surface area contributed by atoms with Crippen molar-refractivity contribution in [1.29, 1.82) is 0 Å². The third-order valence-corrected chi connectivity index (χ3v) is 17.2. The van der Waals surface area contributed by atoms with Gasteiger partial charge in [0.05, 0.1) is 0 Å². The number of allylic oxidation sites excluding steroid dienone is 2. The second-order valence-electron chi connectivity index (χ2n) is 21.0. The largest absolute Gasteiger partial charge is 0.312 e. The van der Waals surface area contributed by atoms with Crippen molar-refractivity contribution in [3.8, 4) is 0 Å². The fraction of sp³-hybridized carbons (Fsp3) is 0.233. The van der Waals surface area contributed by atoms with E-state index in [1.54, 1.807) is 11.1 Å². The Hall–Kier alpha value is -6.19. The van der Waals surface area contributed by atoms with Crippen molar-refractivity contribution >= 4 is 115 Å². The van der Waals surface area contributed by atoms with Crippen molar-refractivity contribution < 1.29 is 0 Å². The molecule has 0 N–H and O–H groups in total. The molecule has 2 aliphatic carbocycles. The summed E-state index contributed by atoms with van der Waals surface area (Å²) < 4.78 is 0. The highest BCUT2D eigenvalue weighted by Crippen LogP contribution is 2.49. The summed E-state index contributed by atoms with van der Waals surface area (Å²) in [6, 6.07) is 47.1. The molecule has 0 unspecified atom stereocenters. The lowest BCUT2D eigenvalue weighted by Crippen LogP contribution is -2.72. The van der Waals surface area contributed by atoms with E-state index >= 15 is 0 Å². The molecular formula is C60H51B3N2. The van der Waals surface area contributed by atoms with Crippen LogP contribution in [0.5, 0.6) is 0 Å². The average Bonchev–Trinajstić information content (AvgIpc) is 3.33. The van der Waals surface area contributed by atoms with Crippen LogP contribution >= 0.6 is 0 Å². The van der Waals surface area contributed by atoms with Gasteiger partial charge in [-0.05, 0) is 175 Å². The van der Waals surface area contributed by atoms with Gasteiger partial charge in [0.15, 0.2) is 0 Å². The van der Waals surface area contributed by atoms with Crippen LogP contribution in [-0.4, -0.2) is 20.1 Å². The first-order chi connectivity index (χ1) is 31.9. The maximum Gasteiger partial charge on any atom is 0.252 e. The Kier molecular flexibility index (Phi) is 7.54. The maximum absolute atomic E-state index is 2.77. The molecule has 65 heavy (non-hydrogen) atoms. The van der Waals surface area contributed by atoms with E-state index in [-0.39, 0.29) is 20.1 Å². The Bertz CT molecular complexity index is 3190. The van der Waals surface area contributed by atoms with Crippen molar-refractivity contribution in [2.24, 2.45) is 0 Å². The normalized spacial score (nSPS) is 17.6. The van der Waals surface area contributed by atoms with Crippen molar-refractivity contribution in [3.63, 3.8) is 0 Å². The van der Waals surface area contributed by atoms with Crippen LogP contribution in [0.2, 0.25) is 0 Å². The molecule has 0 saturated heterocycles. The number of fused-ring (bicyclic) bond motifs is 14. The Morgan fingerprint density at radius 2 is 0.754 bits per heavy atom. The number of benzene rings is 7. The molecule has 310 valence electrons. The Balaban J connectivity index is 1.12. The first kappa shape index (κ1) is 37.1. The van der Waals surface area contributed by atoms with Gasteiger partial charge in [-0.15, -0.1) is 0 Å². The smallest absolute Gasteiger partial charge is 0.252 e. The average molecular weight is 833 g/mol. The summed E-state index contributed by atoms with van der Waals surface area (Å²) in [5, 5.41) is 0. The lowest BCUT2D eigenvalue weighted by Gasteiger charge is -2.52. The molecule has 2 saturated carbocycles. The van der Waals surface area contributed by atoms with Crippen LogP contribution in [0.1, 0.15) is 109 Å². The van der Waals surface area contributed by atoms with Gasteiger partial charge in [-0.25, -0.2) is 0 Å². The maximum atomic E-state index is 2.77. The summed E-state index contributed by atoms with van der Waals surface area (Å²) in [5.41, 5.74) is 39.2. The highest BCUT2D eigenvalue weighted by atomic mass is 15.2. The molecule has 0 amide bonds. The summed E-state index contributed by atoms with van der Waals surface area (Å²) >= 11 is 0. The molecule has 6 heterocycles. The molecule has 8 aliphatic rings. The van der Waals surface area contributed by atoms with Gasteiger partial charge < -0.3 is 9.80 Å². The second kappa shape index (κ2) is 13.2. The number of hydrogen-bond acceptors (Lipinski definition) is 2. The first-order valence-electron chi connectivity index (χ1n) is 24.9. The third-order valence-electron chi connectivity index (χ3n) is 17.2. The highest BCUT2D eigenvalue weighted by Gasteiger charge is 2.54. The van der Waals surface area contributed by atoms with E-state index in [2.05, 4.69) is 153 Å². The monoisotopic (exact) mass is 832 g/mol. The van der Waals surface area contributed by atoms with Crippen LogP contribution in [0.25, 0.3) is 11.1 Å². The molecule has 2 fully saturated rings. The number of hydrogen-bond donors (Lipinski definition) is 0. The van der Waals surface area contributed by atoms with Crippen LogP contribution in [0, 0.1) is 27.7 Å². The lowest BCUT2D eigenvalue weighted by atomic mass is 9.24. The summed E-state index contributed by atoms with van der Waals surface area (Å²) in [6.07, 6.45) is 12.6. The summed E-state index contributed by atoms with van der Waals surface area (Å²) in [6.45, 7) is 9.54. The van der Waals surface area contributed by atoms with Crippen molar-refractivity contribution in [3.05, 3.63) is 171 Å². The van der Waals surface area contributed by atoms with E-state index < -0.39 is 0 Å². The standard InChI is InChI=1S/C60H51B3N2/c1-34-21-25-44-42(29-34)54(38-13-7-5-8-14-38)40-17-11-19-52-56(40)61(44)48-33-49-60-58-59(48)64(52)50-27-23-36(3)31-46(50)63(58)47-32-37(4)24-28-51(47)65(60)53-20-12-18-41-55(39-15-9-6-10-16-39)43-30-35(2)22-26-45(43)62(49)57(41)53/h11-12,17-33H,5-10,13-16H2,1-4H3. The number of rotatable bonds is 0. The second-order valence-corrected chi connectivity index (χ2v) is 21.0. The zero-order chi connectivity index (χ0) is 43.0. The molecule has 7 aromatic rings. The molecule has 6 aliphatic heterocycles. The van der Waals surface area contributed by atoms with E-state index in [1.165, 1.54) is 203 Å².